The minimum Gasteiger partial charge on any atom is -0.478 e. The average Bonchev–Trinajstić information content (AvgIpc) is 2.70. The van der Waals surface area contributed by atoms with Crippen molar-refractivity contribution in [3.63, 3.8) is 0 Å². The third-order valence-corrected chi connectivity index (χ3v) is 4.88. The molecule has 0 saturated carbocycles. The summed E-state index contributed by atoms with van der Waals surface area (Å²) in [5.74, 6) is -1.32. The van der Waals surface area contributed by atoms with Gasteiger partial charge in [0.25, 0.3) is 10.0 Å². The molecule has 20 heavy (non-hydrogen) atoms. The maximum Gasteiger partial charge on any atom is 0.340 e. The van der Waals surface area contributed by atoms with Crippen LogP contribution in [-0.2, 0) is 14.8 Å². The van der Waals surface area contributed by atoms with Gasteiger partial charge in [-0.2, -0.15) is 9.40 Å². The summed E-state index contributed by atoms with van der Waals surface area (Å²) in [4.78, 5) is 11.2. The lowest BCUT2D eigenvalue weighted by Crippen LogP contribution is -2.50. The molecule has 1 saturated heterocycles. The highest BCUT2D eigenvalue weighted by molar-refractivity contribution is 7.89. The Kier molecular flexibility index (Phi) is 3.61. The van der Waals surface area contributed by atoms with Gasteiger partial charge in [-0.05, 0) is 20.8 Å². The van der Waals surface area contributed by atoms with Gasteiger partial charge in [-0.15, -0.1) is 0 Å². The van der Waals surface area contributed by atoms with E-state index in [2.05, 4.69) is 10.2 Å². The van der Waals surface area contributed by atoms with Gasteiger partial charge in [0.05, 0.1) is 12.2 Å². The molecule has 2 N–H and O–H groups in total. The van der Waals surface area contributed by atoms with Crippen LogP contribution < -0.4 is 0 Å². The molecule has 0 amide bonds. The largest absolute Gasteiger partial charge is 0.478 e. The lowest BCUT2D eigenvalue weighted by atomic mass is 10.1. The molecule has 0 atom stereocenters. The van der Waals surface area contributed by atoms with Crippen LogP contribution in [0.2, 0.25) is 0 Å². The molecule has 2 heterocycles. The number of rotatable bonds is 3. The van der Waals surface area contributed by atoms with Crippen LogP contribution in [0.5, 0.6) is 0 Å². The number of aromatic carboxylic acids is 1. The molecule has 0 spiro atoms. The number of morpholine rings is 1. The molecule has 1 fully saturated rings. The monoisotopic (exact) mass is 303 g/mol. The minimum absolute atomic E-state index is 0.153. The first-order valence-electron chi connectivity index (χ1n) is 6.07. The minimum atomic E-state index is -3.96. The van der Waals surface area contributed by atoms with Crippen LogP contribution >= 0.6 is 0 Å². The lowest BCUT2D eigenvalue weighted by Gasteiger charge is -2.36. The van der Waals surface area contributed by atoms with Crippen molar-refractivity contribution in [3.8, 4) is 0 Å². The first-order chi connectivity index (χ1) is 9.15. The highest BCUT2D eigenvalue weighted by Crippen LogP contribution is 2.25. The SMILES string of the molecule is Cc1[nH]nc(S(=O)(=O)N2CCOC(C)(C)C2)c1C(=O)O. The van der Waals surface area contributed by atoms with E-state index >= 15 is 0 Å². The number of ether oxygens (including phenoxy) is 1. The molecule has 0 aromatic carbocycles. The van der Waals surface area contributed by atoms with Crippen molar-refractivity contribution in [2.45, 2.75) is 31.4 Å². The van der Waals surface area contributed by atoms with Crippen LogP contribution in [0.3, 0.4) is 0 Å². The zero-order valence-electron chi connectivity index (χ0n) is 11.5. The van der Waals surface area contributed by atoms with Crippen LogP contribution in [0.15, 0.2) is 5.03 Å². The number of H-pyrrole nitrogens is 1. The second-order valence-corrected chi connectivity index (χ2v) is 7.13. The zero-order valence-corrected chi connectivity index (χ0v) is 12.3. The topological polar surface area (TPSA) is 113 Å². The Balaban J connectivity index is 2.43. The first kappa shape index (κ1) is 14.9. The van der Waals surface area contributed by atoms with Crippen LogP contribution in [0, 0.1) is 6.92 Å². The van der Waals surface area contributed by atoms with Gasteiger partial charge in [0.1, 0.15) is 5.56 Å². The Labute approximate surface area is 116 Å². The van der Waals surface area contributed by atoms with Crippen molar-refractivity contribution in [3.05, 3.63) is 11.3 Å². The fourth-order valence-electron chi connectivity index (χ4n) is 2.15. The summed E-state index contributed by atoms with van der Waals surface area (Å²) in [6.07, 6.45) is 0. The number of carbonyl (C=O) groups is 1. The van der Waals surface area contributed by atoms with Crippen LogP contribution in [0.4, 0.5) is 0 Å². The summed E-state index contributed by atoms with van der Waals surface area (Å²) in [7, 11) is -3.96. The molecule has 0 bridgehead atoms. The molecule has 8 nitrogen and oxygen atoms in total. The van der Waals surface area contributed by atoms with E-state index in [1.54, 1.807) is 13.8 Å². The van der Waals surface area contributed by atoms with Gasteiger partial charge in [0.2, 0.25) is 5.03 Å². The van der Waals surface area contributed by atoms with Gasteiger partial charge in [-0.25, -0.2) is 13.2 Å². The molecule has 112 valence electrons. The maximum atomic E-state index is 12.5. The smallest absolute Gasteiger partial charge is 0.340 e. The fourth-order valence-corrected chi connectivity index (χ4v) is 3.85. The number of sulfonamides is 1. The maximum absolute atomic E-state index is 12.5. The molecule has 0 aliphatic carbocycles. The number of hydrogen-bond acceptors (Lipinski definition) is 5. The number of nitrogens with one attached hydrogen (secondary N) is 1. The van der Waals surface area contributed by atoms with Crippen molar-refractivity contribution in [1.82, 2.24) is 14.5 Å². The van der Waals surface area contributed by atoms with Crippen molar-refractivity contribution >= 4 is 16.0 Å². The van der Waals surface area contributed by atoms with Gasteiger partial charge >= 0.3 is 5.97 Å². The predicted molar refractivity (Wildman–Crippen MR) is 69.1 cm³/mol. The second kappa shape index (κ2) is 4.83. The summed E-state index contributed by atoms with van der Waals surface area (Å²) >= 11 is 0. The van der Waals surface area contributed by atoms with Gasteiger partial charge in [-0.1, -0.05) is 0 Å². The van der Waals surface area contributed by atoms with Gasteiger partial charge in [0.15, 0.2) is 0 Å². The van der Waals surface area contributed by atoms with E-state index in [4.69, 9.17) is 9.84 Å². The van der Waals surface area contributed by atoms with Crippen molar-refractivity contribution in [1.29, 1.82) is 0 Å². The lowest BCUT2D eigenvalue weighted by molar-refractivity contribution is -0.0640. The van der Waals surface area contributed by atoms with Gasteiger partial charge < -0.3 is 9.84 Å². The Hall–Kier alpha value is -1.45. The second-order valence-electron chi connectivity index (χ2n) is 5.28. The van der Waals surface area contributed by atoms with E-state index in [0.717, 1.165) is 0 Å². The number of hydrogen-bond donors (Lipinski definition) is 2. The van der Waals surface area contributed by atoms with Crippen LogP contribution in [0.1, 0.15) is 29.9 Å². The Morgan fingerprint density at radius 3 is 2.70 bits per heavy atom. The van der Waals surface area contributed by atoms with Crippen molar-refractivity contribution in [2.24, 2.45) is 0 Å². The normalized spacial score (nSPS) is 19.9. The number of carboxylic acids is 1. The van der Waals surface area contributed by atoms with E-state index in [1.165, 1.54) is 11.2 Å². The molecule has 9 heteroatoms. The third kappa shape index (κ3) is 2.56. The van der Waals surface area contributed by atoms with Crippen LogP contribution in [0.25, 0.3) is 0 Å². The number of carboxylic acid groups (broad SMARTS) is 1. The molecule has 2 rings (SSSR count). The Morgan fingerprint density at radius 1 is 1.50 bits per heavy atom. The summed E-state index contributed by atoms with van der Waals surface area (Å²) in [6, 6.07) is 0. The summed E-state index contributed by atoms with van der Waals surface area (Å²) < 4.78 is 31.7. The number of aryl methyl sites for hydroxylation is 1. The van der Waals surface area contributed by atoms with Crippen molar-refractivity contribution in [2.75, 3.05) is 19.7 Å². The van der Waals surface area contributed by atoms with E-state index < -0.39 is 26.6 Å². The Bertz CT molecular complexity index is 634. The molecule has 1 aliphatic rings. The van der Waals surface area contributed by atoms with E-state index in [9.17, 15) is 13.2 Å². The zero-order chi connectivity index (χ0) is 15.1. The van der Waals surface area contributed by atoms with Gasteiger partial charge in [-0.3, -0.25) is 5.10 Å². The third-order valence-electron chi connectivity index (χ3n) is 3.10. The number of nitrogens with zero attached hydrogens (tertiary/aromatic N) is 2. The molecule has 0 unspecified atom stereocenters. The molecular weight excluding hydrogens is 286 g/mol. The molecule has 1 aliphatic heterocycles. The number of aromatic nitrogens is 2. The molecular formula is C11H17N3O5S. The summed E-state index contributed by atoms with van der Waals surface area (Å²) in [5, 5.41) is 14.8. The van der Waals surface area contributed by atoms with Crippen LogP contribution in [-0.4, -0.2) is 59.3 Å². The molecule has 1 aromatic rings. The summed E-state index contributed by atoms with van der Waals surface area (Å²) in [5.41, 5.74) is -0.710. The van der Waals surface area contributed by atoms with E-state index in [1.807, 2.05) is 0 Å². The Morgan fingerprint density at radius 2 is 2.15 bits per heavy atom. The fraction of sp³-hybridized carbons (Fsp3) is 0.636. The summed E-state index contributed by atoms with van der Waals surface area (Å²) in [6.45, 7) is 5.62. The molecule has 0 radical (unpaired) electrons. The average molecular weight is 303 g/mol. The quantitative estimate of drug-likeness (QED) is 0.825. The van der Waals surface area contributed by atoms with E-state index in [-0.39, 0.29) is 31.0 Å². The van der Waals surface area contributed by atoms with Gasteiger partial charge in [0, 0.05) is 18.8 Å². The standard InChI is InChI=1S/C11H17N3O5S/c1-7-8(10(15)16)9(13-12-7)20(17,18)14-4-5-19-11(2,3)6-14/h4-6H2,1-3H3,(H,12,13)(H,15,16). The molecule has 1 aromatic heterocycles. The van der Waals surface area contributed by atoms with Crippen molar-refractivity contribution < 1.29 is 23.1 Å². The highest BCUT2D eigenvalue weighted by Gasteiger charge is 2.38. The van der Waals surface area contributed by atoms with E-state index in [0.29, 0.717) is 0 Å². The number of aromatic amines is 1. The first-order valence-corrected chi connectivity index (χ1v) is 7.51. The predicted octanol–water partition coefficient (Wildman–Crippen LogP) is 0.216. The highest BCUT2D eigenvalue weighted by atomic mass is 32.2.